The molecule has 178 valence electrons. The van der Waals surface area contributed by atoms with E-state index in [-0.39, 0.29) is 48.7 Å². The van der Waals surface area contributed by atoms with Crippen LogP contribution in [0.15, 0.2) is 12.1 Å². The van der Waals surface area contributed by atoms with Crippen molar-refractivity contribution in [1.82, 2.24) is 10.4 Å². The quantitative estimate of drug-likeness (QED) is 0.153. The number of ether oxygens (including phenoxy) is 2. The molecule has 32 heavy (non-hydrogen) atoms. The smallest absolute Gasteiger partial charge is 0.278 e. The fourth-order valence-electron chi connectivity index (χ4n) is 3.12. The number of carbonyl (C=O) groups excluding carboxylic acids is 3. The van der Waals surface area contributed by atoms with Crippen molar-refractivity contribution in [1.29, 1.82) is 0 Å². The number of benzene rings is 1. The Labute approximate surface area is 185 Å². The van der Waals surface area contributed by atoms with Gasteiger partial charge in [-0.2, -0.15) is 0 Å². The van der Waals surface area contributed by atoms with Crippen molar-refractivity contribution >= 4 is 23.8 Å². The van der Waals surface area contributed by atoms with Gasteiger partial charge in [0.25, 0.3) is 5.69 Å². The third-order valence-electron chi connectivity index (χ3n) is 4.84. The molecule has 2 atom stereocenters. The summed E-state index contributed by atoms with van der Waals surface area (Å²) < 4.78 is 10.2. The van der Waals surface area contributed by atoms with Crippen LogP contribution in [0.25, 0.3) is 0 Å². The van der Waals surface area contributed by atoms with Crippen LogP contribution in [0.2, 0.25) is 0 Å². The van der Waals surface area contributed by atoms with Gasteiger partial charge >= 0.3 is 0 Å². The third-order valence-corrected chi connectivity index (χ3v) is 4.84. The molecule has 0 aliphatic heterocycles. The number of carbonyl (C=O) groups is 3. The van der Waals surface area contributed by atoms with E-state index in [1.54, 1.807) is 0 Å². The Morgan fingerprint density at radius 3 is 2.47 bits per heavy atom. The minimum Gasteiger partial charge on any atom is -0.493 e. The van der Waals surface area contributed by atoms with Gasteiger partial charge in [-0.25, -0.2) is 5.06 Å². The second-order valence-electron chi connectivity index (χ2n) is 7.16. The molecule has 0 spiro atoms. The Balaban J connectivity index is 2.84. The van der Waals surface area contributed by atoms with E-state index in [9.17, 15) is 29.7 Å². The molecule has 0 fully saturated rings. The number of unbranched alkanes of at least 4 members (excludes halogenated alkanes) is 1. The Bertz CT molecular complexity index is 817. The zero-order chi connectivity index (χ0) is 24.3. The van der Waals surface area contributed by atoms with E-state index in [0.29, 0.717) is 17.9 Å². The number of rotatable bonds is 15. The van der Waals surface area contributed by atoms with Gasteiger partial charge < -0.3 is 20.5 Å². The topological polar surface area (TPSA) is 174 Å². The Kier molecular flexibility index (Phi) is 11.1. The number of Topliss-reactive ketones (excluding diaryl/α,β-unsaturated/α-hetero) is 1. The molecule has 0 aromatic heterocycles. The summed E-state index contributed by atoms with van der Waals surface area (Å²) in [6.07, 6.45) is 1.88. The van der Waals surface area contributed by atoms with E-state index in [0.717, 1.165) is 6.42 Å². The van der Waals surface area contributed by atoms with E-state index in [4.69, 9.17) is 15.2 Å². The summed E-state index contributed by atoms with van der Waals surface area (Å²) in [6.45, 7) is 1.40. The fourth-order valence-corrected chi connectivity index (χ4v) is 3.12. The van der Waals surface area contributed by atoms with Crippen LogP contribution in [0.1, 0.15) is 44.2 Å². The lowest BCUT2D eigenvalue weighted by molar-refractivity contribution is -0.385. The summed E-state index contributed by atoms with van der Waals surface area (Å²) >= 11 is 0. The standard InChI is InChI=1S/C20H30N4O8/c1-4-5-6-13(11-23(28)12-25)20(27)22-10-14(26)7-16(21)15-8-18(31-2)19(32-3)9-17(15)24(29)30/h8-9,12-13,16,28H,4-7,10-11,21H2,1-3H3,(H,22,27). The lowest BCUT2D eigenvalue weighted by atomic mass is 9.99. The molecule has 1 rings (SSSR count). The molecule has 0 saturated heterocycles. The molecule has 2 amide bonds. The number of nitro groups is 1. The Morgan fingerprint density at radius 1 is 1.31 bits per heavy atom. The lowest BCUT2D eigenvalue weighted by Gasteiger charge is -2.19. The molecule has 0 bridgehead atoms. The molecular formula is C20H30N4O8. The van der Waals surface area contributed by atoms with Crippen molar-refractivity contribution in [3.8, 4) is 11.5 Å². The molecule has 0 aliphatic rings. The highest BCUT2D eigenvalue weighted by molar-refractivity contribution is 5.87. The molecule has 0 radical (unpaired) electrons. The molecule has 0 saturated carbocycles. The highest BCUT2D eigenvalue weighted by Gasteiger charge is 2.26. The average molecular weight is 454 g/mol. The summed E-state index contributed by atoms with van der Waals surface area (Å²) in [5.41, 5.74) is 5.83. The first-order chi connectivity index (χ1) is 15.2. The van der Waals surface area contributed by atoms with Crippen LogP contribution in [-0.2, 0) is 14.4 Å². The molecule has 2 unspecified atom stereocenters. The zero-order valence-electron chi connectivity index (χ0n) is 18.4. The predicted molar refractivity (Wildman–Crippen MR) is 113 cm³/mol. The molecule has 0 heterocycles. The van der Waals surface area contributed by atoms with E-state index < -0.39 is 28.6 Å². The number of nitrogens with two attached hydrogens (primary N) is 1. The zero-order valence-corrected chi connectivity index (χ0v) is 18.4. The van der Waals surface area contributed by atoms with Gasteiger partial charge in [-0.05, 0) is 12.5 Å². The number of nitrogens with zero attached hydrogens (tertiary/aromatic N) is 2. The van der Waals surface area contributed by atoms with Crippen molar-refractivity contribution in [2.45, 2.75) is 38.6 Å². The van der Waals surface area contributed by atoms with E-state index in [1.807, 2.05) is 6.92 Å². The Hall–Kier alpha value is -3.25. The summed E-state index contributed by atoms with van der Waals surface area (Å²) in [5.74, 6) is -1.23. The summed E-state index contributed by atoms with van der Waals surface area (Å²) in [7, 11) is 2.71. The SMILES string of the molecule is CCCCC(CN(O)C=O)C(=O)NCC(=O)CC(N)c1cc(OC)c(OC)cc1[N+](=O)[O-]. The van der Waals surface area contributed by atoms with Crippen LogP contribution in [0, 0.1) is 16.0 Å². The van der Waals surface area contributed by atoms with Crippen molar-refractivity contribution in [2.75, 3.05) is 27.3 Å². The number of ketones is 1. The highest BCUT2D eigenvalue weighted by Crippen LogP contribution is 2.37. The lowest BCUT2D eigenvalue weighted by Crippen LogP contribution is -2.40. The number of hydrogen-bond donors (Lipinski definition) is 3. The highest BCUT2D eigenvalue weighted by atomic mass is 16.6. The van der Waals surface area contributed by atoms with Gasteiger partial charge in [0.05, 0.1) is 49.8 Å². The first kappa shape index (κ1) is 26.8. The molecule has 1 aromatic rings. The number of nitro benzene ring substituents is 1. The maximum Gasteiger partial charge on any atom is 0.278 e. The molecule has 12 heteroatoms. The van der Waals surface area contributed by atoms with Crippen molar-refractivity contribution in [2.24, 2.45) is 11.7 Å². The third kappa shape index (κ3) is 7.78. The van der Waals surface area contributed by atoms with Crippen LogP contribution in [0.4, 0.5) is 5.69 Å². The summed E-state index contributed by atoms with van der Waals surface area (Å²) in [5, 5.41) is 23.7. The Morgan fingerprint density at radius 2 is 1.94 bits per heavy atom. The van der Waals surface area contributed by atoms with Crippen LogP contribution in [0.3, 0.4) is 0 Å². The van der Waals surface area contributed by atoms with Gasteiger partial charge in [-0.15, -0.1) is 0 Å². The number of amides is 2. The van der Waals surface area contributed by atoms with E-state index in [1.165, 1.54) is 26.4 Å². The minimum absolute atomic E-state index is 0.0926. The van der Waals surface area contributed by atoms with Crippen LogP contribution in [-0.4, -0.2) is 60.6 Å². The van der Waals surface area contributed by atoms with Gasteiger partial charge in [-0.3, -0.25) is 29.7 Å². The van der Waals surface area contributed by atoms with Crippen LogP contribution < -0.4 is 20.5 Å². The normalized spacial score (nSPS) is 12.4. The second-order valence-corrected chi connectivity index (χ2v) is 7.16. The molecule has 1 aromatic carbocycles. The fraction of sp³-hybridized carbons (Fsp3) is 0.550. The van der Waals surface area contributed by atoms with Crippen molar-refractivity contribution in [3.05, 3.63) is 27.8 Å². The summed E-state index contributed by atoms with van der Waals surface area (Å²) in [4.78, 5) is 46.2. The number of methoxy groups -OCH3 is 2. The molecule has 12 nitrogen and oxygen atoms in total. The average Bonchev–Trinajstić information content (AvgIpc) is 2.78. The van der Waals surface area contributed by atoms with Gasteiger partial charge in [0, 0.05) is 12.5 Å². The number of hydroxylamine groups is 2. The number of nitrogens with one attached hydrogen (secondary N) is 1. The minimum atomic E-state index is -1.02. The van der Waals surface area contributed by atoms with E-state index in [2.05, 4.69) is 5.32 Å². The second kappa shape index (κ2) is 13.2. The first-order valence-corrected chi connectivity index (χ1v) is 10.0. The molecule has 0 aliphatic carbocycles. The van der Waals surface area contributed by atoms with Gasteiger partial charge in [0.1, 0.15) is 0 Å². The van der Waals surface area contributed by atoms with Crippen LogP contribution >= 0.6 is 0 Å². The van der Waals surface area contributed by atoms with E-state index >= 15 is 0 Å². The largest absolute Gasteiger partial charge is 0.493 e. The maximum absolute atomic E-state index is 12.4. The van der Waals surface area contributed by atoms with Crippen molar-refractivity contribution < 1.29 is 34.0 Å². The predicted octanol–water partition coefficient (Wildman–Crippen LogP) is 1.34. The first-order valence-electron chi connectivity index (χ1n) is 10.0. The van der Waals surface area contributed by atoms with Crippen LogP contribution in [0.5, 0.6) is 11.5 Å². The molecular weight excluding hydrogens is 424 g/mol. The summed E-state index contributed by atoms with van der Waals surface area (Å²) in [6, 6.07) is 1.51. The maximum atomic E-state index is 12.4. The van der Waals surface area contributed by atoms with Gasteiger partial charge in [0.15, 0.2) is 17.3 Å². The van der Waals surface area contributed by atoms with Crippen molar-refractivity contribution in [3.63, 3.8) is 0 Å². The molecule has 4 N–H and O–H groups in total. The number of hydrogen-bond acceptors (Lipinski definition) is 9. The van der Waals surface area contributed by atoms with Gasteiger partial charge in [-0.1, -0.05) is 19.8 Å². The van der Waals surface area contributed by atoms with Gasteiger partial charge in [0.2, 0.25) is 12.3 Å². The monoisotopic (exact) mass is 454 g/mol.